The zero-order valence-corrected chi connectivity index (χ0v) is 15.5. The van der Waals surface area contributed by atoms with E-state index in [9.17, 15) is 9.90 Å². The van der Waals surface area contributed by atoms with Crippen LogP contribution in [0.4, 0.5) is 0 Å². The summed E-state index contributed by atoms with van der Waals surface area (Å²) in [6.07, 6.45) is 0.105. The second-order valence-corrected chi connectivity index (χ2v) is 7.14. The normalized spacial score (nSPS) is 14.8. The fourth-order valence-corrected chi connectivity index (χ4v) is 4.00. The van der Waals surface area contributed by atoms with Crippen LogP contribution >= 0.6 is 0 Å². The molecule has 0 bridgehead atoms. The van der Waals surface area contributed by atoms with Crippen molar-refractivity contribution >= 4 is 5.97 Å². The van der Waals surface area contributed by atoms with E-state index < -0.39 is 11.5 Å². The summed E-state index contributed by atoms with van der Waals surface area (Å²) in [6, 6.07) is 25.5. The van der Waals surface area contributed by atoms with Gasteiger partial charge in [-0.2, -0.15) is 0 Å². The van der Waals surface area contributed by atoms with Crippen LogP contribution in [0.25, 0.3) is 11.1 Å². The first-order valence-corrected chi connectivity index (χ1v) is 9.46. The Morgan fingerprint density at radius 2 is 1.43 bits per heavy atom. The molecule has 1 atom stereocenters. The molecule has 3 aromatic rings. The molecule has 4 heteroatoms. The second-order valence-electron chi connectivity index (χ2n) is 7.14. The number of benzene rings is 3. The van der Waals surface area contributed by atoms with Crippen LogP contribution in [0.1, 0.15) is 29.0 Å². The number of carbonyl (C=O) groups is 1. The molecule has 0 saturated carbocycles. The lowest BCUT2D eigenvalue weighted by Crippen LogP contribution is -2.47. The molecule has 0 heterocycles. The van der Waals surface area contributed by atoms with E-state index in [0.29, 0.717) is 5.56 Å². The molecule has 3 N–H and O–H groups in total. The van der Waals surface area contributed by atoms with Crippen LogP contribution in [0.2, 0.25) is 0 Å². The van der Waals surface area contributed by atoms with Crippen molar-refractivity contribution in [2.45, 2.75) is 17.9 Å². The van der Waals surface area contributed by atoms with E-state index in [0.717, 1.165) is 11.1 Å². The number of rotatable bonds is 6. The van der Waals surface area contributed by atoms with Crippen LogP contribution in [-0.4, -0.2) is 24.3 Å². The van der Waals surface area contributed by atoms with Gasteiger partial charge in [0.05, 0.1) is 0 Å². The van der Waals surface area contributed by atoms with E-state index >= 15 is 0 Å². The average molecular weight is 373 g/mol. The standard InChI is InChI=1S/C24H23NO3/c25-24(14-15-26,17-8-2-1-3-9-17)23(27)28-16-22-20-12-6-4-10-18(20)19-11-5-7-13-21(19)22/h1-13,22,26H,14-16,25H2. The van der Waals surface area contributed by atoms with Gasteiger partial charge in [0.25, 0.3) is 0 Å². The number of esters is 1. The molecule has 0 spiro atoms. The highest BCUT2D eigenvalue weighted by Crippen LogP contribution is 2.44. The zero-order chi connectivity index (χ0) is 19.6. The van der Waals surface area contributed by atoms with Gasteiger partial charge in [0.1, 0.15) is 12.1 Å². The van der Waals surface area contributed by atoms with Gasteiger partial charge in [0, 0.05) is 18.9 Å². The first-order valence-electron chi connectivity index (χ1n) is 9.46. The van der Waals surface area contributed by atoms with Crippen molar-refractivity contribution in [3.05, 3.63) is 95.6 Å². The molecule has 0 fully saturated rings. The summed E-state index contributed by atoms with van der Waals surface area (Å²) in [5, 5.41) is 9.46. The van der Waals surface area contributed by atoms with Crippen molar-refractivity contribution in [2.75, 3.05) is 13.2 Å². The summed E-state index contributed by atoms with van der Waals surface area (Å²) in [6.45, 7) is 0.0136. The Bertz CT molecular complexity index is 940. The third-order valence-electron chi connectivity index (χ3n) is 5.50. The van der Waals surface area contributed by atoms with Gasteiger partial charge < -0.3 is 15.6 Å². The fourth-order valence-electron chi connectivity index (χ4n) is 4.00. The first kappa shape index (κ1) is 18.4. The number of aliphatic hydroxyl groups is 1. The minimum Gasteiger partial charge on any atom is -0.463 e. The highest BCUT2D eigenvalue weighted by molar-refractivity contribution is 5.83. The van der Waals surface area contributed by atoms with Crippen LogP contribution in [0.5, 0.6) is 0 Å². The Hall–Kier alpha value is -2.95. The minimum atomic E-state index is -1.37. The van der Waals surface area contributed by atoms with Crippen LogP contribution in [-0.2, 0) is 15.1 Å². The van der Waals surface area contributed by atoms with Crippen molar-refractivity contribution in [2.24, 2.45) is 5.73 Å². The largest absolute Gasteiger partial charge is 0.463 e. The summed E-state index contributed by atoms with van der Waals surface area (Å²) in [7, 11) is 0. The third-order valence-corrected chi connectivity index (χ3v) is 5.50. The SMILES string of the molecule is NC(CCO)(C(=O)OCC1c2ccccc2-c2ccccc21)c1ccccc1. The van der Waals surface area contributed by atoms with Gasteiger partial charge in [-0.1, -0.05) is 78.9 Å². The molecule has 0 aromatic heterocycles. The molecule has 1 aliphatic carbocycles. The molecule has 0 aliphatic heterocycles. The summed E-state index contributed by atoms with van der Waals surface area (Å²) in [4.78, 5) is 13.0. The van der Waals surface area contributed by atoms with Crippen molar-refractivity contribution in [1.82, 2.24) is 0 Å². The molecule has 4 rings (SSSR count). The van der Waals surface area contributed by atoms with Crippen molar-refractivity contribution in [1.29, 1.82) is 0 Å². The van der Waals surface area contributed by atoms with E-state index in [4.69, 9.17) is 10.5 Å². The van der Waals surface area contributed by atoms with Gasteiger partial charge in [-0.25, -0.2) is 4.79 Å². The number of hydrogen-bond acceptors (Lipinski definition) is 4. The quantitative estimate of drug-likeness (QED) is 0.648. The maximum absolute atomic E-state index is 13.0. The Morgan fingerprint density at radius 3 is 2.00 bits per heavy atom. The molecule has 0 saturated heterocycles. The summed E-state index contributed by atoms with van der Waals surface area (Å²) < 4.78 is 5.74. The first-order chi connectivity index (χ1) is 13.6. The minimum absolute atomic E-state index is 0.0227. The number of fused-ring (bicyclic) bond motifs is 3. The summed E-state index contributed by atoms with van der Waals surface area (Å²) >= 11 is 0. The molecule has 0 amide bonds. The lowest BCUT2D eigenvalue weighted by atomic mass is 9.88. The van der Waals surface area contributed by atoms with Crippen molar-refractivity contribution < 1.29 is 14.6 Å². The average Bonchev–Trinajstić information content (AvgIpc) is 3.06. The molecule has 3 aromatic carbocycles. The number of hydrogen-bond donors (Lipinski definition) is 2. The van der Waals surface area contributed by atoms with Crippen molar-refractivity contribution in [3.63, 3.8) is 0 Å². The van der Waals surface area contributed by atoms with Gasteiger partial charge in [0.15, 0.2) is 0 Å². The number of nitrogens with two attached hydrogens (primary N) is 1. The molecule has 142 valence electrons. The fraction of sp³-hybridized carbons (Fsp3) is 0.208. The van der Waals surface area contributed by atoms with E-state index in [-0.39, 0.29) is 25.6 Å². The predicted molar refractivity (Wildman–Crippen MR) is 109 cm³/mol. The summed E-state index contributed by atoms with van der Waals surface area (Å²) in [5.74, 6) is -0.542. The van der Waals surface area contributed by atoms with E-state index in [1.54, 1.807) is 12.1 Å². The molecule has 0 radical (unpaired) electrons. The molecule has 28 heavy (non-hydrogen) atoms. The number of carbonyl (C=O) groups excluding carboxylic acids is 1. The van der Waals surface area contributed by atoms with Gasteiger partial charge in [0.2, 0.25) is 0 Å². The Morgan fingerprint density at radius 1 is 0.893 bits per heavy atom. The van der Waals surface area contributed by atoms with Gasteiger partial charge >= 0.3 is 5.97 Å². The van der Waals surface area contributed by atoms with Crippen LogP contribution in [0.3, 0.4) is 0 Å². The third kappa shape index (κ3) is 3.11. The van der Waals surface area contributed by atoms with Crippen LogP contribution < -0.4 is 5.73 Å². The topological polar surface area (TPSA) is 72.5 Å². The van der Waals surface area contributed by atoms with E-state index in [1.165, 1.54) is 11.1 Å². The monoisotopic (exact) mass is 373 g/mol. The van der Waals surface area contributed by atoms with E-state index in [2.05, 4.69) is 24.3 Å². The van der Waals surface area contributed by atoms with Gasteiger partial charge in [-0.15, -0.1) is 0 Å². The van der Waals surface area contributed by atoms with E-state index in [1.807, 2.05) is 42.5 Å². The maximum atomic E-state index is 13.0. The van der Waals surface area contributed by atoms with Gasteiger partial charge in [-0.3, -0.25) is 0 Å². The number of ether oxygens (including phenoxy) is 1. The molecular formula is C24H23NO3. The predicted octanol–water partition coefficient (Wildman–Crippen LogP) is 3.58. The smallest absolute Gasteiger partial charge is 0.330 e. The van der Waals surface area contributed by atoms with Crippen LogP contribution in [0, 0.1) is 0 Å². The lowest BCUT2D eigenvalue weighted by molar-refractivity contribution is -0.151. The Labute approximate surface area is 164 Å². The molecule has 4 nitrogen and oxygen atoms in total. The highest BCUT2D eigenvalue weighted by Gasteiger charge is 2.38. The molecule has 1 aliphatic rings. The Kier molecular flexibility index (Phi) is 4.99. The number of aliphatic hydroxyl groups excluding tert-OH is 1. The zero-order valence-electron chi connectivity index (χ0n) is 15.5. The highest BCUT2D eigenvalue weighted by atomic mass is 16.5. The van der Waals surface area contributed by atoms with Crippen molar-refractivity contribution in [3.8, 4) is 11.1 Å². The molecular weight excluding hydrogens is 350 g/mol. The molecule has 1 unspecified atom stereocenters. The van der Waals surface area contributed by atoms with Crippen LogP contribution in [0.15, 0.2) is 78.9 Å². The Balaban J connectivity index is 1.59. The second kappa shape index (κ2) is 7.58. The lowest BCUT2D eigenvalue weighted by Gasteiger charge is -2.28. The summed E-state index contributed by atoms with van der Waals surface area (Å²) in [5.41, 5.74) is 10.3. The van der Waals surface area contributed by atoms with Gasteiger partial charge in [-0.05, 0) is 27.8 Å². The maximum Gasteiger partial charge on any atom is 0.330 e.